The number of pyridine rings is 1. The van der Waals surface area contributed by atoms with Gasteiger partial charge < -0.3 is 19.7 Å². The second-order valence-electron chi connectivity index (χ2n) is 8.90. The number of allylic oxidation sites excluding steroid dienone is 3. The van der Waals surface area contributed by atoms with Crippen molar-refractivity contribution in [1.29, 1.82) is 0 Å². The number of hydrogen-bond acceptors (Lipinski definition) is 6. The van der Waals surface area contributed by atoms with E-state index in [0.29, 0.717) is 5.56 Å². The van der Waals surface area contributed by atoms with Gasteiger partial charge in [-0.1, -0.05) is 18.2 Å². The number of ether oxygens (including phenoxy) is 1. The number of amides is 1. The van der Waals surface area contributed by atoms with Crippen molar-refractivity contribution in [2.24, 2.45) is 13.0 Å². The Hall–Kier alpha value is -3.31. The molecule has 8 nitrogen and oxygen atoms in total. The Balaban J connectivity index is 1.70. The van der Waals surface area contributed by atoms with Crippen LogP contribution in [0.3, 0.4) is 0 Å². The summed E-state index contributed by atoms with van der Waals surface area (Å²) in [5.41, 5.74) is -0.852. The first-order chi connectivity index (χ1) is 16.4. The number of aliphatic hydroxyl groups is 1. The lowest BCUT2D eigenvalue weighted by molar-refractivity contribution is 0.0887. The molecular formula is C24H25F2N3O5S. The van der Waals surface area contributed by atoms with Crippen LogP contribution < -0.4 is 10.1 Å². The minimum absolute atomic E-state index is 0.00240. The minimum Gasteiger partial charge on any atom is -0.489 e. The third-order valence-electron chi connectivity index (χ3n) is 6.11. The van der Waals surface area contributed by atoms with Crippen molar-refractivity contribution in [1.82, 2.24) is 14.9 Å². The molecule has 3 unspecified atom stereocenters. The molecule has 4 rings (SSSR count). The van der Waals surface area contributed by atoms with Crippen molar-refractivity contribution in [3.63, 3.8) is 0 Å². The highest BCUT2D eigenvalue weighted by atomic mass is 32.2. The van der Waals surface area contributed by atoms with Gasteiger partial charge in [-0.15, -0.1) is 0 Å². The molecule has 0 radical (unpaired) electrons. The van der Waals surface area contributed by atoms with Gasteiger partial charge in [-0.3, -0.25) is 9.78 Å². The van der Waals surface area contributed by atoms with Gasteiger partial charge in [-0.2, -0.15) is 0 Å². The van der Waals surface area contributed by atoms with Crippen LogP contribution in [-0.4, -0.2) is 41.1 Å². The maximum Gasteiger partial charge on any atom is 0.272 e. The SMILES string of the molecule is C/C1=C/C(C(O)c2cccnc2)COc2c(cn(C)c2C(=O)NC2(C)C=CC(F)=C(F)C2)S1(=O)=O. The third kappa shape index (κ3) is 4.65. The zero-order chi connectivity index (χ0) is 25.5. The quantitative estimate of drug-likeness (QED) is 0.659. The molecule has 186 valence electrons. The van der Waals surface area contributed by atoms with Gasteiger partial charge in [-0.05, 0) is 31.6 Å². The molecular weight excluding hydrogens is 480 g/mol. The summed E-state index contributed by atoms with van der Waals surface area (Å²) in [5, 5.41) is 13.5. The summed E-state index contributed by atoms with van der Waals surface area (Å²) >= 11 is 0. The van der Waals surface area contributed by atoms with E-state index in [4.69, 9.17) is 4.74 Å². The average Bonchev–Trinajstić information content (AvgIpc) is 3.15. The zero-order valence-corrected chi connectivity index (χ0v) is 20.1. The first kappa shape index (κ1) is 24.8. The highest BCUT2D eigenvalue weighted by molar-refractivity contribution is 7.95. The standard InChI is InChI=1S/C24H25F2N3O5S/c1-14-9-16(21(30)15-5-4-8-27-11-15)13-34-22-19(35(14,32)33)12-29(3)20(22)23(31)28-24(2)7-6-17(25)18(26)10-24/h4-9,11-12,16,21,30H,10,13H2,1-3H3,(H,28,31)/b14-9-. The Labute approximate surface area is 201 Å². The lowest BCUT2D eigenvalue weighted by Crippen LogP contribution is -2.46. The zero-order valence-electron chi connectivity index (χ0n) is 19.3. The van der Waals surface area contributed by atoms with Crippen LogP contribution in [0.4, 0.5) is 8.78 Å². The van der Waals surface area contributed by atoms with Gasteiger partial charge >= 0.3 is 0 Å². The van der Waals surface area contributed by atoms with Crippen LogP contribution in [0.15, 0.2) is 70.4 Å². The number of hydrogen-bond donors (Lipinski definition) is 2. The van der Waals surface area contributed by atoms with E-state index in [9.17, 15) is 27.1 Å². The Morgan fingerprint density at radius 1 is 1.40 bits per heavy atom. The van der Waals surface area contributed by atoms with E-state index in [1.807, 2.05) is 0 Å². The van der Waals surface area contributed by atoms with Crippen LogP contribution in [0.2, 0.25) is 0 Å². The number of nitrogens with one attached hydrogen (secondary N) is 1. The van der Waals surface area contributed by atoms with E-state index in [0.717, 1.165) is 6.08 Å². The lowest BCUT2D eigenvalue weighted by atomic mass is 9.92. The molecule has 2 aromatic heterocycles. The fourth-order valence-corrected chi connectivity index (χ4v) is 5.56. The molecule has 0 saturated heterocycles. The minimum atomic E-state index is -4.05. The number of nitrogens with zero attached hydrogens (tertiary/aromatic N) is 2. The normalized spacial score (nSPS) is 26.0. The monoisotopic (exact) mass is 505 g/mol. The van der Waals surface area contributed by atoms with Crippen molar-refractivity contribution < 1.29 is 31.8 Å². The van der Waals surface area contributed by atoms with Gasteiger partial charge in [0.1, 0.15) is 10.7 Å². The number of rotatable bonds is 4. The topological polar surface area (TPSA) is 111 Å². The van der Waals surface area contributed by atoms with E-state index in [-0.39, 0.29) is 27.9 Å². The van der Waals surface area contributed by atoms with Crippen molar-refractivity contribution in [3.05, 3.63) is 76.8 Å². The second-order valence-corrected chi connectivity index (χ2v) is 11.0. The average molecular weight is 506 g/mol. The molecule has 2 N–H and O–H groups in total. The van der Waals surface area contributed by atoms with E-state index in [2.05, 4.69) is 10.3 Å². The number of aromatic nitrogens is 2. The Bertz CT molecular complexity index is 1360. The molecule has 0 saturated carbocycles. The van der Waals surface area contributed by atoms with Crippen LogP contribution in [0.5, 0.6) is 5.75 Å². The molecule has 1 amide bonds. The molecule has 1 aliphatic carbocycles. The molecule has 1 aliphatic heterocycles. The molecule has 0 fully saturated rings. The molecule has 2 aliphatic rings. The van der Waals surface area contributed by atoms with Gasteiger partial charge in [0.15, 0.2) is 17.3 Å². The second kappa shape index (κ2) is 9.04. The summed E-state index contributed by atoms with van der Waals surface area (Å²) in [7, 11) is -2.57. The number of aliphatic hydroxyl groups excluding tert-OH is 1. The Kier molecular flexibility index (Phi) is 6.41. The number of sulfone groups is 1. The van der Waals surface area contributed by atoms with Gasteiger partial charge in [-0.25, -0.2) is 17.2 Å². The highest BCUT2D eigenvalue weighted by Gasteiger charge is 2.37. The molecule has 3 heterocycles. The predicted molar refractivity (Wildman–Crippen MR) is 123 cm³/mol. The molecule has 2 aromatic rings. The smallest absolute Gasteiger partial charge is 0.272 e. The third-order valence-corrected chi connectivity index (χ3v) is 7.96. The Morgan fingerprint density at radius 2 is 2.14 bits per heavy atom. The van der Waals surface area contributed by atoms with Crippen molar-refractivity contribution in [3.8, 4) is 5.75 Å². The molecule has 35 heavy (non-hydrogen) atoms. The van der Waals surface area contributed by atoms with E-state index in [1.54, 1.807) is 18.3 Å². The van der Waals surface area contributed by atoms with Crippen molar-refractivity contribution in [2.75, 3.05) is 6.61 Å². The van der Waals surface area contributed by atoms with Crippen molar-refractivity contribution >= 4 is 15.7 Å². The van der Waals surface area contributed by atoms with Gasteiger partial charge in [0.25, 0.3) is 5.91 Å². The van der Waals surface area contributed by atoms with Crippen LogP contribution in [0.1, 0.15) is 42.4 Å². The van der Waals surface area contributed by atoms with Crippen molar-refractivity contribution in [2.45, 2.75) is 36.8 Å². The van der Waals surface area contributed by atoms with Crippen LogP contribution in [0, 0.1) is 5.92 Å². The largest absolute Gasteiger partial charge is 0.489 e. The number of carbonyl (C=O) groups is 1. The maximum absolute atomic E-state index is 13.9. The van der Waals surface area contributed by atoms with E-state index in [1.165, 1.54) is 50.0 Å². The summed E-state index contributed by atoms with van der Waals surface area (Å²) in [6.07, 6.45) is 6.50. The molecule has 3 atom stereocenters. The first-order valence-corrected chi connectivity index (χ1v) is 12.3. The molecule has 0 aromatic carbocycles. The fourth-order valence-electron chi connectivity index (χ4n) is 4.16. The van der Waals surface area contributed by atoms with Gasteiger partial charge in [0.05, 0.1) is 18.2 Å². The summed E-state index contributed by atoms with van der Waals surface area (Å²) in [5.74, 6) is -3.65. The number of fused-ring (bicyclic) bond motifs is 1. The van der Waals surface area contributed by atoms with Gasteiger partial charge in [0, 0.05) is 42.9 Å². The molecule has 11 heteroatoms. The van der Waals surface area contributed by atoms with E-state index < -0.39 is 51.4 Å². The number of aryl methyl sites for hydroxylation is 1. The number of carbonyl (C=O) groups excluding carboxylic acids is 1. The predicted octanol–water partition coefficient (Wildman–Crippen LogP) is 3.44. The van der Waals surface area contributed by atoms with E-state index >= 15 is 0 Å². The highest BCUT2D eigenvalue weighted by Crippen LogP contribution is 2.38. The molecule has 0 bridgehead atoms. The molecule has 0 spiro atoms. The number of halogens is 2. The van der Waals surface area contributed by atoms with Crippen LogP contribution in [-0.2, 0) is 16.9 Å². The summed E-state index contributed by atoms with van der Waals surface area (Å²) in [6.45, 7) is 2.81. The summed E-state index contributed by atoms with van der Waals surface area (Å²) in [4.78, 5) is 17.0. The van der Waals surface area contributed by atoms with Crippen LogP contribution in [0.25, 0.3) is 0 Å². The Morgan fingerprint density at radius 3 is 2.80 bits per heavy atom. The maximum atomic E-state index is 13.9. The first-order valence-electron chi connectivity index (χ1n) is 10.8. The van der Waals surface area contributed by atoms with Crippen LogP contribution >= 0.6 is 0 Å². The van der Waals surface area contributed by atoms with Gasteiger partial charge in [0.2, 0.25) is 9.84 Å². The summed E-state index contributed by atoms with van der Waals surface area (Å²) in [6, 6.07) is 3.31. The fraction of sp³-hybridized carbons (Fsp3) is 0.333. The lowest BCUT2D eigenvalue weighted by Gasteiger charge is -2.29. The summed E-state index contributed by atoms with van der Waals surface area (Å²) < 4.78 is 61.1.